The SMILES string of the molecule is CCCNC(Cc1nnn(C)n1)Cc1cccc(F)c1F. The molecule has 0 spiro atoms. The minimum atomic E-state index is -0.820. The summed E-state index contributed by atoms with van der Waals surface area (Å²) in [5, 5.41) is 15.2. The molecule has 1 heterocycles. The van der Waals surface area contributed by atoms with Crippen molar-refractivity contribution in [2.75, 3.05) is 6.54 Å². The summed E-state index contributed by atoms with van der Waals surface area (Å²) in [6, 6.07) is 4.18. The molecule has 0 amide bonds. The summed E-state index contributed by atoms with van der Waals surface area (Å²) < 4.78 is 27.1. The Hall–Kier alpha value is -1.89. The van der Waals surface area contributed by atoms with Gasteiger partial charge in [-0.1, -0.05) is 19.1 Å². The number of hydrogen-bond donors (Lipinski definition) is 1. The summed E-state index contributed by atoms with van der Waals surface area (Å²) in [5.74, 6) is -1.02. The van der Waals surface area contributed by atoms with Crippen molar-refractivity contribution < 1.29 is 8.78 Å². The van der Waals surface area contributed by atoms with Gasteiger partial charge in [0.2, 0.25) is 0 Å². The van der Waals surface area contributed by atoms with Gasteiger partial charge in [0.15, 0.2) is 17.5 Å². The molecule has 0 radical (unpaired) electrons. The van der Waals surface area contributed by atoms with Gasteiger partial charge in [0.05, 0.1) is 7.05 Å². The van der Waals surface area contributed by atoms with E-state index in [1.807, 2.05) is 6.92 Å². The number of hydrogen-bond acceptors (Lipinski definition) is 4. The van der Waals surface area contributed by atoms with Crippen LogP contribution in [0.1, 0.15) is 24.7 Å². The highest BCUT2D eigenvalue weighted by atomic mass is 19.2. The number of rotatable bonds is 7. The minimum absolute atomic E-state index is 0.0644. The van der Waals surface area contributed by atoms with E-state index in [1.165, 1.54) is 10.9 Å². The molecule has 5 nitrogen and oxygen atoms in total. The van der Waals surface area contributed by atoms with Crippen molar-refractivity contribution >= 4 is 0 Å². The number of aryl methyl sites for hydroxylation is 1. The van der Waals surface area contributed by atoms with Crippen LogP contribution < -0.4 is 5.32 Å². The second-order valence-corrected chi connectivity index (χ2v) is 4.97. The fourth-order valence-corrected chi connectivity index (χ4v) is 2.16. The quantitative estimate of drug-likeness (QED) is 0.844. The Morgan fingerprint density at radius 3 is 2.76 bits per heavy atom. The molecule has 0 saturated heterocycles. The van der Waals surface area contributed by atoms with Gasteiger partial charge in [-0.3, -0.25) is 0 Å². The molecule has 0 bridgehead atoms. The van der Waals surface area contributed by atoms with Crippen LogP contribution in [0.3, 0.4) is 0 Å². The molecule has 1 unspecified atom stereocenters. The van der Waals surface area contributed by atoms with Crippen LogP contribution in [0.4, 0.5) is 8.78 Å². The van der Waals surface area contributed by atoms with Crippen molar-refractivity contribution in [3.8, 4) is 0 Å². The fourth-order valence-electron chi connectivity index (χ4n) is 2.16. The first kappa shape index (κ1) is 15.5. The lowest BCUT2D eigenvalue weighted by Crippen LogP contribution is -2.34. The first-order valence-corrected chi connectivity index (χ1v) is 6.99. The molecule has 0 aliphatic rings. The summed E-state index contributed by atoms with van der Waals surface area (Å²) in [5.41, 5.74) is 0.354. The first-order valence-electron chi connectivity index (χ1n) is 6.99. The maximum Gasteiger partial charge on any atom is 0.176 e. The molecular formula is C14H19F2N5. The maximum atomic E-state index is 13.8. The predicted octanol–water partition coefficient (Wildman–Crippen LogP) is 1.64. The molecular weight excluding hydrogens is 276 g/mol. The minimum Gasteiger partial charge on any atom is -0.313 e. The maximum absolute atomic E-state index is 13.8. The molecule has 1 N–H and O–H groups in total. The molecule has 21 heavy (non-hydrogen) atoms. The van der Waals surface area contributed by atoms with Crippen molar-refractivity contribution in [1.82, 2.24) is 25.5 Å². The van der Waals surface area contributed by atoms with Crippen molar-refractivity contribution in [1.29, 1.82) is 0 Å². The standard InChI is InChI=1S/C14H19F2N5/c1-3-7-17-11(9-13-18-20-21(2)19-13)8-10-5-4-6-12(15)14(10)16/h4-6,11,17H,3,7-9H2,1-2H3. The summed E-state index contributed by atoms with van der Waals surface area (Å²) >= 11 is 0. The van der Waals surface area contributed by atoms with E-state index in [4.69, 9.17) is 0 Å². The van der Waals surface area contributed by atoms with Crippen molar-refractivity contribution in [2.45, 2.75) is 32.2 Å². The Morgan fingerprint density at radius 1 is 1.29 bits per heavy atom. The highest BCUT2D eigenvalue weighted by Gasteiger charge is 2.16. The number of nitrogens with zero attached hydrogens (tertiary/aromatic N) is 4. The van der Waals surface area contributed by atoms with Crippen molar-refractivity contribution in [3.63, 3.8) is 0 Å². The number of halogens is 2. The van der Waals surface area contributed by atoms with Gasteiger partial charge in [-0.05, 0) is 36.2 Å². The van der Waals surface area contributed by atoms with E-state index in [9.17, 15) is 8.78 Å². The molecule has 0 saturated carbocycles. The van der Waals surface area contributed by atoms with Crippen LogP contribution in [0.2, 0.25) is 0 Å². The number of aromatic nitrogens is 4. The molecule has 0 aliphatic heterocycles. The first-order chi connectivity index (χ1) is 10.1. The van der Waals surface area contributed by atoms with Gasteiger partial charge in [-0.25, -0.2) is 8.78 Å². The second kappa shape index (κ2) is 7.21. The third kappa shape index (κ3) is 4.29. The summed E-state index contributed by atoms with van der Waals surface area (Å²) in [7, 11) is 1.69. The van der Waals surface area contributed by atoms with Gasteiger partial charge < -0.3 is 5.32 Å². The zero-order chi connectivity index (χ0) is 15.2. The average Bonchev–Trinajstić information content (AvgIpc) is 2.86. The molecule has 1 aromatic carbocycles. The van der Waals surface area contributed by atoms with E-state index in [0.29, 0.717) is 24.2 Å². The predicted molar refractivity (Wildman–Crippen MR) is 74.6 cm³/mol. The molecule has 7 heteroatoms. The van der Waals surface area contributed by atoms with Crippen LogP contribution in [-0.4, -0.2) is 32.8 Å². The van der Waals surface area contributed by atoms with Crippen molar-refractivity contribution in [3.05, 3.63) is 41.2 Å². The van der Waals surface area contributed by atoms with Gasteiger partial charge in [0.1, 0.15) is 0 Å². The number of nitrogens with one attached hydrogen (secondary N) is 1. The molecule has 2 rings (SSSR count). The fraction of sp³-hybridized carbons (Fsp3) is 0.500. The van der Waals surface area contributed by atoms with Gasteiger partial charge in [-0.15, -0.1) is 10.2 Å². The molecule has 1 atom stereocenters. The third-order valence-corrected chi connectivity index (χ3v) is 3.16. The van der Waals surface area contributed by atoms with E-state index in [1.54, 1.807) is 13.1 Å². The Balaban J connectivity index is 2.10. The third-order valence-electron chi connectivity index (χ3n) is 3.16. The molecule has 2 aromatic rings. The average molecular weight is 295 g/mol. The summed E-state index contributed by atoms with van der Waals surface area (Å²) in [4.78, 5) is 1.38. The van der Waals surface area contributed by atoms with Gasteiger partial charge in [0.25, 0.3) is 0 Å². The topological polar surface area (TPSA) is 55.6 Å². The van der Waals surface area contributed by atoms with E-state index >= 15 is 0 Å². The lowest BCUT2D eigenvalue weighted by Gasteiger charge is -2.17. The smallest absolute Gasteiger partial charge is 0.176 e. The Morgan fingerprint density at radius 2 is 2.10 bits per heavy atom. The van der Waals surface area contributed by atoms with Crippen LogP contribution in [0.15, 0.2) is 18.2 Å². The van der Waals surface area contributed by atoms with Gasteiger partial charge in [0, 0.05) is 12.5 Å². The van der Waals surface area contributed by atoms with Crippen molar-refractivity contribution in [2.24, 2.45) is 7.05 Å². The number of tetrazole rings is 1. The summed E-state index contributed by atoms with van der Waals surface area (Å²) in [6.45, 7) is 2.84. The lowest BCUT2D eigenvalue weighted by atomic mass is 10.0. The monoisotopic (exact) mass is 295 g/mol. The van der Waals surface area contributed by atoms with Gasteiger partial charge in [-0.2, -0.15) is 4.80 Å². The van der Waals surface area contributed by atoms with E-state index in [-0.39, 0.29) is 6.04 Å². The lowest BCUT2D eigenvalue weighted by molar-refractivity contribution is 0.463. The van der Waals surface area contributed by atoms with Gasteiger partial charge >= 0.3 is 0 Å². The molecule has 1 aromatic heterocycles. The van der Waals surface area contributed by atoms with E-state index in [0.717, 1.165) is 19.0 Å². The largest absolute Gasteiger partial charge is 0.313 e. The molecule has 114 valence electrons. The zero-order valence-electron chi connectivity index (χ0n) is 12.2. The second-order valence-electron chi connectivity index (χ2n) is 4.97. The van der Waals surface area contributed by atoms with Crippen LogP contribution in [0, 0.1) is 11.6 Å². The Bertz CT molecular complexity index is 584. The van der Waals surface area contributed by atoms with Crippen LogP contribution in [0.5, 0.6) is 0 Å². The van der Waals surface area contributed by atoms with Crippen LogP contribution >= 0.6 is 0 Å². The Labute approximate surface area is 122 Å². The Kier molecular flexibility index (Phi) is 5.32. The van der Waals surface area contributed by atoms with Crippen LogP contribution in [-0.2, 0) is 19.9 Å². The highest BCUT2D eigenvalue weighted by Crippen LogP contribution is 2.14. The normalized spacial score (nSPS) is 12.6. The highest BCUT2D eigenvalue weighted by molar-refractivity contribution is 5.20. The summed E-state index contributed by atoms with van der Waals surface area (Å²) in [6.07, 6.45) is 1.85. The van der Waals surface area contributed by atoms with E-state index in [2.05, 4.69) is 20.7 Å². The molecule has 0 aliphatic carbocycles. The van der Waals surface area contributed by atoms with Crippen LogP contribution in [0.25, 0.3) is 0 Å². The van der Waals surface area contributed by atoms with E-state index < -0.39 is 11.6 Å². The zero-order valence-corrected chi connectivity index (χ0v) is 12.2. The molecule has 0 fully saturated rings. The number of benzene rings is 1.